The Bertz CT molecular complexity index is 762. The topological polar surface area (TPSA) is 49.4 Å². The van der Waals surface area contributed by atoms with Gasteiger partial charge in [-0.05, 0) is 42.3 Å². The van der Waals surface area contributed by atoms with E-state index in [0.717, 1.165) is 11.1 Å². The number of carbonyl (C=O) groups excluding carboxylic acids is 2. The van der Waals surface area contributed by atoms with E-state index in [4.69, 9.17) is 11.6 Å². The van der Waals surface area contributed by atoms with E-state index in [0.29, 0.717) is 5.02 Å². The highest BCUT2D eigenvalue weighted by Crippen LogP contribution is 2.24. The fourth-order valence-electron chi connectivity index (χ4n) is 2.69. The number of halogens is 2. The van der Waals surface area contributed by atoms with E-state index in [1.165, 1.54) is 19.1 Å². The predicted molar refractivity (Wildman–Crippen MR) is 100 cm³/mol. The van der Waals surface area contributed by atoms with Crippen molar-refractivity contribution in [3.8, 4) is 0 Å². The largest absolute Gasteiger partial charge is 0.349 e. The summed E-state index contributed by atoms with van der Waals surface area (Å²) < 4.78 is 13.1. The monoisotopic (exact) mass is 376 g/mol. The summed E-state index contributed by atoms with van der Waals surface area (Å²) in [5.41, 5.74) is 1.64. The Kier molecular flexibility index (Phi) is 6.75. The van der Waals surface area contributed by atoms with E-state index in [1.807, 2.05) is 6.92 Å². The van der Waals surface area contributed by atoms with Crippen LogP contribution in [-0.2, 0) is 9.59 Å². The average molecular weight is 377 g/mol. The van der Waals surface area contributed by atoms with Crippen LogP contribution in [0.2, 0.25) is 5.02 Å². The molecule has 1 N–H and O–H groups in total. The summed E-state index contributed by atoms with van der Waals surface area (Å²) in [4.78, 5) is 25.9. The molecule has 0 radical (unpaired) electrons. The third-order valence-electron chi connectivity index (χ3n) is 4.36. The van der Waals surface area contributed by atoms with E-state index in [9.17, 15) is 14.0 Å². The van der Waals surface area contributed by atoms with Gasteiger partial charge in [0.1, 0.15) is 5.82 Å². The molecule has 2 amide bonds. The molecule has 0 aliphatic heterocycles. The first-order valence-corrected chi connectivity index (χ1v) is 8.69. The second-order valence-electron chi connectivity index (χ2n) is 6.24. The summed E-state index contributed by atoms with van der Waals surface area (Å²) in [6.45, 7) is 3.29. The molecule has 2 unspecified atom stereocenters. The van der Waals surface area contributed by atoms with Gasteiger partial charge < -0.3 is 10.2 Å². The zero-order valence-corrected chi connectivity index (χ0v) is 15.8. The van der Waals surface area contributed by atoms with Gasteiger partial charge in [0.25, 0.3) is 0 Å². The maximum Gasteiger partial charge on any atom is 0.225 e. The lowest BCUT2D eigenvalue weighted by molar-refractivity contribution is -0.132. The second kappa shape index (κ2) is 8.81. The number of amides is 2. The molecule has 0 spiro atoms. The highest BCUT2D eigenvalue weighted by Gasteiger charge is 2.23. The fourth-order valence-corrected chi connectivity index (χ4v) is 2.82. The molecule has 2 aromatic rings. The first-order valence-electron chi connectivity index (χ1n) is 8.31. The van der Waals surface area contributed by atoms with Gasteiger partial charge in [-0.2, -0.15) is 0 Å². The number of hydrogen-bond acceptors (Lipinski definition) is 2. The summed E-state index contributed by atoms with van der Waals surface area (Å²) in [5.74, 6) is -0.661. The van der Waals surface area contributed by atoms with E-state index < -0.39 is 6.04 Å². The average Bonchev–Trinajstić information content (AvgIpc) is 2.60. The summed E-state index contributed by atoms with van der Waals surface area (Å²) in [7, 11) is 1.70. The standard InChI is InChI=1S/C20H22ClFN2O2/c1-13(15-6-10-18(22)11-7-15)24(3)20(26)12-19(23-14(2)25)16-4-8-17(21)9-5-16/h4-11,13,19H,12H2,1-3H3,(H,23,25). The molecule has 2 rings (SSSR count). The number of carbonyl (C=O) groups is 2. The molecule has 2 atom stereocenters. The SMILES string of the molecule is CC(=O)NC(CC(=O)N(C)C(C)c1ccc(F)cc1)c1ccc(Cl)cc1. The lowest BCUT2D eigenvalue weighted by Crippen LogP contribution is -2.35. The summed E-state index contributed by atoms with van der Waals surface area (Å²) >= 11 is 5.91. The van der Waals surface area contributed by atoms with Gasteiger partial charge in [-0.15, -0.1) is 0 Å². The molecule has 0 saturated carbocycles. The molecule has 4 nitrogen and oxygen atoms in total. The fraction of sp³-hybridized carbons (Fsp3) is 0.300. The Morgan fingerprint density at radius 1 is 1.08 bits per heavy atom. The van der Waals surface area contributed by atoms with Gasteiger partial charge in [-0.25, -0.2) is 4.39 Å². The van der Waals surface area contributed by atoms with Crippen molar-refractivity contribution in [2.75, 3.05) is 7.05 Å². The third kappa shape index (κ3) is 5.30. The molecular weight excluding hydrogens is 355 g/mol. The second-order valence-corrected chi connectivity index (χ2v) is 6.68. The maximum atomic E-state index is 13.1. The Labute approximate surface area is 158 Å². The normalized spacial score (nSPS) is 13.0. The van der Waals surface area contributed by atoms with Crippen LogP contribution in [0.5, 0.6) is 0 Å². The highest BCUT2D eigenvalue weighted by molar-refractivity contribution is 6.30. The van der Waals surface area contributed by atoms with Crippen LogP contribution >= 0.6 is 11.6 Å². The lowest BCUT2D eigenvalue weighted by atomic mass is 10.0. The van der Waals surface area contributed by atoms with Crippen LogP contribution in [0, 0.1) is 5.82 Å². The number of nitrogens with zero attached hydrogens (tertiary/aromatic N) is 1. The van der Waals surface area contributed by atoms with Crippen molar-refractivity contribution in [1.82, 2.24) is 10.2 Å². The van der Waals surface area contributed by atoms with E-state index >= 15 is 0 Å². The van der Waals surface area contributed by atoms with Gasteiger partial charge in [0.2, 0.25) is 11.8 Å². The van der Waals surface area contributed by atoms with E-state index in [1.54, 1.807) is 48.3 Å². The number of rotatable bonds is 6. The van der Waals surface area contributed by atoms with Crippen molar-refractivity contribution in [3.63, 3.8) is 0 Å². The van der Waals surface area contributed by atoms with Gasteiger partial charge >= 0.3 is 0 Å². The molecule has 0 aromatic heterocycles. The maximum absolute atomic E-state index is 13.1. The van der Waals surface area contributed by atoms with Crippen LogP contribution in [-0.4, -0.2) is 23.8 Å². The van der Waals surface area contributed by atoms with Crippen LogP contribution in [0.3, 0.4) is 0 Å². The summed E-state index contributed by atoms with van der Waals surface area (Å²) in [5, 5.41) is 3.40. The Morgan fingerprint density at radius 2 is 1.62 bits per heavy atom. The molecule has 2 aromatic carbocycles. The molecule has 26 heavy (non-hydrogen) atoms. The van der Waals surface area contributed by atoms with E-state index in [-0.39, 0.29) is 30.1 Å². The van der Waals surface area contributed by atoms with Crippen molar-refractivity contribution in [1.29, 1.82) is 0 Å². The minimum Gasteiger partial charge on any atom is -0.349 e. The first kappa shape index (κ1) is 19.9. The number of benzene rings is 2. The molecule has 0 fully saturated rings. The Morgan fingerprint density at radius 3 is 2.15 bits per heavy atom. The molecule has 0 saturated heterocycles. The highest BCUT2D eigenvalue weighted by atomic mass is 35.5. The van der Waals surface area contributed by atoms with Crippen molar-refractivity contribution in [2.45, 2.75) is 32.4 Å². The number of hydrogen-bond donors (Lipinski definition) is 1. The van der Waals surface area contributed by atoms with Crippen molar-refractivity contribution in [3.05, 3.63) is 70.5 Å². The summed E-state index contributed by atoms with van der Waals surface area (Å²) in [6.07, 6.45) is 0.114. The van der Waals surface area contributed by atoms with Crippen LogP contribution in [0.4, 0.5) is 4.39 Å². The van der Waals surface area contributed by atoms with Crippen molar-refractivity contribution in [2.24, 2.45) is 0 Å². The van der Waals surface area contributed by atoms with Gasteiger partial charge in [-0.3, -0.25) is 9.59 Å². The molecular formula is C20H22ClFN2O2. The first-order chi connectivity index (χ1) is 12.3. The zero-order chi connectivity index (χ0) is 19.3. The van der Waals surface area contributed by atoms with Gasteiger partial charge in [0.15, 0.2) is 0 Å². The zero-order valence-electron chi connectivity index (χ0n) is 15.0. The van der Waals surface area contributed by atoms with Crippen LogP contribution < -0.4 is 5.32 Å². The third-order valence-corrected chi connectivity index (χ3v) is 4.61. The summed E-state index contributed by atoms with van der Waals surface area (Å²) in [6, 6.07) is 12.4. The van der Waals surface area contributed by atoms with Gasteiger partial charge in [0.05, 0.1) is 18.5 Å². The van der Waals surface area contributed by atoms with Crippen LogP contribution in [0.1, 0.15) is 43.5 Å². The lowest BCUT2D eigenvalue weighted by Gasteiger charge is -2.28. The minimum absolute atomic E-state index is 0.114. The predicted octanol–water partition coefficient (Wildman–Crippen LogP) is 4.27. The van der Waals surface area contributed by atoms with Crippen LogP contribution in [0.15, 0.2) is 48.5 Å². The van der Waals surface area contributed by atoms with Gasteiger partial charge in [0, 0.05) is 19.0 Å². The Balaban J connectivity index is 2.13. The van der Waals surface area contributed by atoms with E-state index in [2.05, 4.69) is 5.32 Å². The van der Waals surface area contributed by atoms with Crippen LogP contribution in [0.25, 0.3) is 0 Å². The number of nitrogens with one attached hydrogen (secondary N) is 1. The molecule has 6 heteroatoms. The molecule has 0 bridgehead atoms. The molecule has 0 heterocycles. The quantitative estimate of drug-likeness (QED) is 0.818. The Hall–Kier alpha value is -2.40. The smallest absolute Gasteiger partial charge is 0.225 e. The molecule has 0 aliphatic carbocycles. The van der Waals surface area contributed by atoms with Crippen molar-refractivity contribution < 1.29 is 14.0 Å². The van der Waals surface area contributed by atoms with Crippen molar-refractivity contribution >= 4 is 23.4 Å². The molecule has 0 aliphatic rings. The minimum atomic E-state index is -0.444. The van der Waals surface area contributed by atoms with Gasteiger partial charge in [-0.1, -0.05) is 35.9 Å². The molecule has 138 valence electrons.